The molecule has 1 heteroatoms. The molecule has 0 aliphatic carbocycles. The van der Waals surface area contributed by atoms with E-state index in [9.17, 15) is 4.39 Å². The van der Waals surface area contributed by atoms with Crippen molar-refractivity contribution in [2.45, 2.75) is 0 Å². The van der Waals surface area contributed by atoms with Crippen molar-refractivity contribution in [2.24, 2.45) is 0 Å². The van der Waals surface area contributed by atoms with Crippen LogP contribution in [0.1, 0.15) is 11.1 Å². The van der Waals surface area contributed by atoms with Gasteiger partial charge in [0.05, 0.1) is 0 Å². The van der Waals surface area contributed by atoms with E-state index in [0.29, 0.717) is 11.1 Å². The number of halogens is 1. The Balaban J connectivity index is 3.21. The molecule has 0 aliphatic heterocycles. The topological polar surface area (TPSA) is 0 Å². The SMILES string of the molecule is [CH]c1ccc(F)cc1C=C. The van der Waals surface area contributed by atoms with Crippen LogP contribution in [0, 0.1) is 12.7 Å². The summed E-state index contributed by atoms with van der Waals surface area (Å²) in [4.78, 5) is 0. The van der Waals surface area contributed by atoms with Crippen molar-refractivity contribution in [3.8, 4) is 0 Å². The van der Waals surface area contributed by atoms with Gasteiger partial charge in [0.15, 0.2) is 0 Å². The first kappa shape index (κ1) is 7.00. The predicted molar refractivity (Wildman–Crippen MR) is 39.9 cm³/mol. The molecule has 0 saturated carbocycles. The van der Waals surface area contributed by atoms with Crippen LogP contribution in [-0.4, -0.2) is 0 Å². The maximum absolute atomic E-state index is 12.4. The van der Waals surface area contributed by atoms with Crippen molar-refractivity contribution in [2.75, 3.05) is 0 Å². The van der Waals surface area contributed by atoms with E-state index < -0.39 is 0 Å². The second kappa shape index (κ2) is 2.65. The summed E-state index contributed by atoms with van der Waals surface area (Å²) in [5.41, 5.74) is 1.19. The van der Waals surface area contributed by atoms with Crippen molar-refractivity contribution in [1.82, 2.24) is 0 Å². The zero-order chi connectivity index (χ0) is 7.56. The molecule has 0 heterocycles. The van der Waals surface area contributed by atoms with Crippen LogP contribution in [0.4, 0.5) is 4.39 Å². The van der Waals surface area contributed by atoms with E-state index in [1.165, 1.54) is 24.3 Å². The number of hydrogen-bond acceptors (Lipinski definition) is 0. The Kier molecular flexibility index (Phi) is 1.86. The van der Waals surface area contributed by atoms with E-state index >= 15 is 0 Å². The van der Waals surface area contributed by atoms with Gasteiger partial charge in [-0.1, -0.05) is 18.7 Å². The smallest absolute Gasteiger partial charge is 0.123 e. The van der Waals surface area contributed by atoms with Crippen LogP contribution in [0.5, 0.6) is 0 Å². The van der Waals surface area contributed by atoms with E-state index in [2.05, 4.69) is 6.58 Å². The van der Waals surface area contributed by atoms with Crippen LogP contribution in [0.3, 0.4) is 0 Å². The molecule has 0 amide bonds. The second-order valence-electron chi connectivity index (χ2n) is 1.98. The second-order valence-corrected chi connectivity index (χ2v) is 1.98. The summed E-state index contributed by atoms with van der Waals surface area (Å²) < 4.78 is 12.4. The molecule has 0 unspecified atom stereocenters. The zero-order valence-electron chi connectivity index (χ0n) is 5.47. The van der Waals surface area contributed by atoms with Gasteiger partial charge in [-0.05, 0) is 30.2 Å². The molecule has 1 rings (SSSR count). The minimum absolute atomic E-state index is 0.288. The molecule has 0 saturated heterocycles. The fourth-order valence-corrected chi connectivity index (χ4v) is 0.722. The number of hydrogen-bond donors (Lipinski definition) is 0. The largest absolute Gasteiger partial charge is 0.207 e. The molecular weight excluding hydrogens is 127 g/mol. The van der Waals surface area contributed by atoms with E-state index in [1.807, 2.05) is 0 Å². The average Bonchev–Trinajstić information content (AvgIpc) is 1.94. The molecule has 10 heavy (non-hydrogen) atoms. The first-order valence-electron chi connectivity index (χ1n) is 2.91. The maximum atomic E-state index is 12.4. The Morgan fingerprint density at radius 3 is 2.70 bits per heavy atom. The zero-order valence-corrected chi connectivity index (χ0v) is 5.47. The summed E-state index contributed by atoms with van der Waals surface area (Å²) >= 11 is 0. The average molecular weight is 134 g/mol. The fourth-order valence-electron chi connectivity index (χ4n) is 0.722. The van der Waals surface area contributed by atoms with Gasteiger partial charge in [0.25, 0.3) is 0 Å². The highest BCUT2D eigenvalue weighted by Crippen LogP contribution is 2.10. The van der Waals surface area contributed by atoms with E-state index in [-0.39, 0.29) is 5.82 Å². The Morgan fingerprint density at radius 1 is 1.50 bits per heavy atom. The van der Waals surface area contributed by atoms with Crippen LogP contribution in [0.15, 0.2) is 24.8 Å². The summed E-state index contributed by atoms with van der Waals surface area (Å²) in [5, 5.41) is 0. The highest BCUT2D eigenvalue weighted by atomic mass is 19.1. The normalized spacial score (nSPS) is 9.40. The summed E-state index contributed by atoms with van der Waals surface area (Å²) in [6.45, 7) is 8.95. The molecule has 0 bridgehead atoms. The van der Waals surface area contributed by atoms with Gasteiger partial charge in [0.2, 0.25) is 0 Å². The van der Waals surface area contributed by atoms with E-state index in [0.717, 1.165) is 0 Å². The van der Waals surface area contributed by atoms with Crippen LogP contribution >= 0.6 is 0 Å². The van der Waals surface area contributed by atoms with Crippen molar-refractivity contribution in [3.63, 3.8) is 0 Å². The highest BCUT2D eigenvalue weighted by Gasteiger charge is 1.94. The summed E-state index contributed by atoms with van der Waals surface area (Å²) in [5.74, 6) is -0.288. The third-order valence-electron chi connectivity index (χ3n) is 1.27. The van der Waals surface area contributed by atoms with E-state index in [1.54, 1.807) is 0 Å². The molecule has 0 atom stereocenters. The monoisotopic (exact) mass is 134 g/mol. The van der Waals surface area contributed by atoms with Crippen molar-refractivity contribution >= 4 is 6.08 Å². The van der Waals surface area contributed by atoms with Crippen LogP contribution in [0.25, 0.3) is 6.08 Å². The third kappa shape index (κ3) is 1.24. The van der Waals surface area contributed by atoms with Crippen molar-refractivity contribution in [1.29, 1.82) is 0 Å². The third-order valence-corrected chi connectivity index (χ3v) is 1.27. The van der Waals surface area contributed by atoms with E-state index in [4.69, 9.17) is 6.92 Å². The lowest BCUT2D eigenvalue weighted by Gasteiger charge is -1.97. The lowest BCUT2D eigenvalue weighted by molar-refractivity contribution is 0.627. The Labute approximate surface area is 60.0 Å². The fraction of sp³-hybridized carbons (Fsp3) is 0. The molecule has 1 aromatic rings. The van der Waals surface area contributed by atoms with Crippen molar-refractivity contribution < 1.29 is 4.39 Å². The van der Waals surface area contributed by atoms with Gasteiger partial charge in [-0.15, -0.1) is 0 Å². The maximum Gasteiger partial charge on any atom is 0.123 e. The van der Waals surface area contributed by atoms with Gasteiger partial charge in [0.1, 0.15) is 5.82 Å². The van der Waals surface area contributed by atoms with Gasteiger partial charge in [-0.3, -0.25) is 0 Å². The van der Waals surface area contributed by atoms with Crippen molar-refractivity contribution in [3.05, 3.63) is 48.6 Å². The molecule has 0 N–H and O–H groups in total. The Hall–Kier alpha value is -1.11. The van der Waals surface area contributed by atoms with Crippen LogP contribution in [0.2, 0.25) is 0 Å². The quantitative estimate of drug-likeness (QED) is 0.553. The molecule has 0 aromatic heterocycles. The molecule has 50 valence electrons. The molecule has 0 fully saturated rings. The lowest BCUT2D eigenvalue weighted by Crippen LogP contribution is -1.81. The first-order chi connectivity index (χ1) is 4.74. The molecular formula is C9H7F. The predicted octanol–water partition coefficient (Wildman–Crippen LogP) is 2.53. The van der Waals surface area contributed by atoms with Crippen LogP contribution < -0.4 is 0 Å². The van der Waals surface area contributed by atoms with Gasteiger partial charge in [0, 0.05) is 0 Å². The summed E-state index contributed by atoms with van der Waals surface area (Å²) in [6, 6.07) is 4.19. The Bertz CT molecular complexity index is 251. The highest BCUT2D eigenvalue weighted by molar-refractivity contribution is 5.52. The summed E-state index contributed by atoms with van der Waals surface area (Å²) in [6.07, 6.45) is 1.53. The first-order valence-corrected chi connectivity index (χ1v) is 2.91. The molecule has 0 spiro atoms. The van der Waals surface area contributed by atoms with Gasteiger partial charge in [-0.25, -0.2) is 4.39 Å². The molecule has 1 aromatic carbocycles. The molecule has 0 aliphatic rings. The summed E-state index contributed by atoms with van der Waals surface area (Å²) in [7, 11) is 0. The standard InChI is InChI=1S/C9H7F/c1-3-8-6-9(10)5-4-7(8)2/h2-6H,1H2. The number of rotatable bonds is 1. The lowest BCUT2D eigenvalue weighted by atomic mass is 10.1. The van der Waals surface area contributed by atoms with Gasteiger partial charge >= 0.3 is 0 Å². The molecule has 2 radical (unpaired) electrons. The van der Waals surface area contributed by atoms with Crippen LogP contribution in [-0.2, 0) is 0 Å². The minimum Gasteiger partial charge on any atom is -0.207 e. The molecule has 0 nitrogen and oxygen atoms in total. The minimum atomic E-state index is -0.288. The number of benzene rings is 1. The van der Waals surface area contributed by atoms with Gasteiger partial charge in [-0.2, -0.15) is 0 Å². The Morgan fingerprint density at radius 2 is 2.20 bits per heavy atom. The van der Waals surface area contributed by atoms with Gasteiger partial charge < -0.3 is 0 Å².